The molecule has 1 aliphatic heterocycles. The van der Waals surface area contributed by atoms with E-state index in [1.165, 1.54) is 0 Å². The minimum atomic E-state index is -0.532. The number of hydrogen-bond acceptors (Lipinski definition) is 5. The lowest BCUT2D eigenvalue weighted by atomic mass is 10.0. The van der Waals surface area contributed by atoms with Gasteiger partial charge in [-0.15, -0.1) is 0 Å². The zero-order chi connectivity index (χ0) is 24.0. The minimum absolute atomic E-state index is 0.0706. The predicted molar refractivity (Wildman–Crippen MR) is 123 cm³/mol. The van der Waals surface area contributed by atoms with Crippen LogP contribution in [0.15, 0.2) is 42.6 Å². The quantitative estimate of drug-likeness (QED) is 0.670. The minimum Gasteiger partial charge on any atom is -0.494 e. The van der Waals surface area contributed by atoms with Crippen LogP contribution in [-0.2, 0) is 4.74 Å². The zero-order valence-corrected chi connectivity index (χ0v) is 19.6. The van der Waals surface area contributed by atoms with Gasteiger partial charge in [-0.05, 0) is 76.9 Å². The van der Waals surface area contributed by atoms with E-state index in [2.05, 4.69) is 10.9 Å². The van der Waals surface area contributed by atoms with Crippen LogP contribution in [0.25, 0.3) is 0 Å². The first kappa shape index (κ1) is 24.2. The van der Waals surface area contributed by atoms with Crippen LogP contribution < -0.4 is 15.6 Å². The van der Waals surface area contributed by atoms with E-state index in [1.54, 1.807) is 41.3 Å². The number of amides is 3. The number of ether oxygens (including phenoxy) is 2. The molecule has 1 aromatic carbocycles. The molecular weight excluding hydrogens is 424 g/mol. The maximum Gasteiger partial charge on any atom is 0.410 e. The van der Waals surface area contributed by atoms with Crippen molar-refractivity contribution in [2.45, 2.75) is 52.2 Å². The Morgan fingerprint density at radius 1 is 1.00 bits per heavy atom. The molecule has 0 saturated carbocycles. The lowest BCUT2D eigenvalue weighted by Gasteiger charge is -2.34. The van der Waals surface area contributed by atoms with E-state index in [0.29, 0.717) is 49.5 Å². The number of hydrogen-bond donors (Lipinski definition) is 2. The number of benzene rings is 1. The van der Waals surface area contributed by atoms with Gasteiger partial charge in [-0.3, -0.25) is 20.4 Å². The smallest absolute Gasteiger partial charge is 0.410 e. The molecule has 0 unspecified atom stereocenters. The maximum absolute atomic E-state index is 12.7. The fourth-order valence-corrected chi connectivity index (χ4v) is 3.68. The third-order valence-electron chi connectivity index (χ3n) is 5.24. The van der Waals surface area contributed by atoms with Crippen molar-refractivity contribution < 1.29 is 23.9 Å². The van der Waals surface area contributed by atoms with Gasteiger partial charge in [0.05, 0.1) is 6.61 Å². The molecule has 1 aliphatic rings. The van der Waals surface area contributed by atoms with Crippen molar-refractivity contribution in [3.05, 3.63) is 53.9 Å². The third-order valence-corrected chi connectivity index (χ3v) is 5.24. The van der Waals surface area contributed by atoms with Crippen LogP contribution >= 0.6 is 0 Å². The topological polar surface area (TPSA) is 102 Å². The van der Waals surface area contributed by atoms with Crippen molar-refractivity contribution in [3.63, 3.8) is 0 Å². The van der Waals surface area contributed by atoms with Gasteiger partial charge in [0.15, 0.2) is 0 Å². The van der Waals surface area contributed by atoms with Gasteiger partial charge in [0, 0.05) is 30.9 Å². The van der Waals surface area contributed by atoms with Crippen LogP contribution in [0.1, 0.15) is 67.4 Å². The molecule has 1 aromatic heterocycles. The Balaban J connectivity index is 1.54. The summed E-state index contributed by atoms with van der Waals surface area (Å²) in [5.74, 6) is -0.155. The summed E-state index contributed by atoms with van der Waals surface area (Å²) in [6.45, 7) is 9.06. The van der Waals surface area contributed by atoms with Gasteiger partial charge in [0.2, 0.25) is 0 Å². The highest BCUT2D eigenvalue weighted by atomic mass is 16.6. The Hall–Kier alpha value is -3.49. The number of carbonyl (C=O) groups is 3. The number of carbonyl (C=O) groups excluding carboxylic acids is 3. The monoisotopic (exact) mass is 456 g/mol. The molecule has 3 amide bonds. The van der Waals surface area contributed by atoms with Gasteiger partial charge >= 0.3 is 6.09 Å². The number of nitrogens with one attached hydrogen (secondary N) is 2. The standard InChI is InChI=1S/C24H32N4O5/c1-5-32-19-10-8-17(9-11-19)21(29)25-26-22(30)20-7-6-14-28(20)18-12-15-27(16-13-18)23(31)33-24(2,3)4/h6-11,14,18H,5,12-13,15-16H2,1-4H3,(H,25,29)(H,26,30). The summed E-state index contributed by atoms with van der Waals surface area (Å²) in [5.41, 5.74) is 5.25. The molecule has 33 heavy (non-hydrogen) atoms. The first-order chi connectivity index (χ1) is 15.7. The van der Waals surface area contributed by atoms with Gasteiger partial charge in [-0.1, -0.05) is 0 Å². The highest BCUT2D eigenvalue weighted by molar-refractivity contribution is 5.98. The van der Waals surface area contributed by atoms with Crippen LogP contribution in [0.4, 0.5) is 4.79 Å². The number of nitrogens with zero attached hydrogens (tertiary/aromatic N) is 2. The molecule has 1 fully saturated rings. The van der Waals surface area contributed by atoms with Gasteiger partial charge in [0.25, 0.3) is 11.8 Å². The van der Waals surface area contributed by atoms with Gasteiger partial charge < -0.3 is 18.9 Å². The number of likely N-dealkylation sites (tertiary alicyclic amines) is 1. The Morgan fingerprint density at radius 2 is 1.64 bits per heavy atom. The number of rotatable bonds is 5. The Labute approximate surface area is 194 Å². The number of hydrazine groups is 1. The van der Waals surface area contributed by atoms with Crippen molar-refractivity contribution in [3.8, 4) is 5.75 Å². The molecule has 9 nitrogen and oxygen atoms in total. The highest BCUT2D eigenvalue weighted by Crippen LogP contribution is 2.25. The average Bonchev–Trinajstić information content (AvgIpc) is 3.27. The van der Waals surface area contributed by atoms with Crippen molar-refractivity contribution >= 4 is 17.9 Å². The van der Waals surface area contributed by atoms with Crippen LogP contribution in [-0.4, -0.2) is 52.7 Å². The van der Waals surface area contributed by atoms with E-state index in [4.69, 9.17) is 9.47 Å². The van der Waals surface area contributed by atoms with Crippen LogP contribution in [0.2, 0.25) is 0 Å². The molecule has 0 aliphatic carbocycles. The van der Waals surface area contributed by atoms with E-state index in [9.17, 15) is 14.4 Å². The highest BCUT2D eigenvalue weighted by Gasteiger charge is 2.28. The maximum atomic E-state index is 12.7. The third kappa shape index (κ3) is 6.50. The van der Waals surface area contributed by atoms with Gasteiger partial charge in [-0.25, -0.2) is 4.79 Å². The van der Waals surface area contributed by atoms with E-state index in [-0.39, 0.29) is 12.1 Å². The lowest BCUT2D eigenvalue weighted by Crippen LogP contribution is -2.44. The molecule has 9 heteroatoms. The molecule has 1 saturated heterocycles. The number of piperidine rings is 1. The first-order valence-electron chi connectivity index (χ1n) is 11.2. The van der Waals surface area contributed by atoms with E-state index in [0.717, 1.165) is 0 Å². The van der Waals surface area contributed by atoms with E-state index in [1.807, 2.05) is 38.5 Å². The summed E-state index contributed by atoms with van der Waals surface area (Å²) in [6, 6.07) is 10.2. The molecule has 2 aromatic rings. The summed E-state index contributed by atoms with van der Waals surface area (Å²) in [7, 11) is 0. The average molecular weight is 457 g/mol. The van der Waals surface area contributed by atoms with Gasteiger partial charge in [-0.2, -0.15) is 0 Å². The van der Waals surface area contributed by atoms with Crippen LogP contribution in [0.3, 0.4) is 0 Å². The van der Waals surface area contributed by atoms with Crippen molar-refractivity contribution in [1.29, 1.82) is 0 Å². The second-order valence-corrected chi connectivity index (χ2v) is 8.86. The number of aromatic nitrogens is 1. The summed E-state index contributed by atoms with van der Waals surface area (Å²) < 4.78 is 12.7. The molecule has 0 radical (unpaired) electrons. The summed E-state index contributed by atoms with van der Waals surface area (Å²) in [4.78, 5) is 39.1. The SMILES string of the molecule is CCOc1ccc(C(=O)NNC(=O)c2cccn2C2CCN(C(=O)OC(C)(C)C)CC2)cc1. The molecule has 3 rings (SSSR count). The molecule has 0 bridgehead atoms. The van der Waals surface area contributed by atoms with Crippen LogP contribution in [0, 0.1) is 0 Å². The second kappa shape index (κ2) is 10.4. The van der Waals surface area contributed by atoms with Crippen molar-refractivity contribution in [1.82, 2.24) is 20.3 Å². The molecule has 178 valence electrons. The Kier molecular flexibility index (Phi) is 7.63. The van der Waals surface area contributed by atoms with Crippen molar-refractivity contribution in [2.75, 3.05) is 19.7 Å². The second-order valence-electron chi connectivity index (χ2n) is 8.86. The molecule has 0 spiro atoms. The largest absolute Gasteiger partial charge is 0.494 e. The van der Waals surface area contributed by atoms with Crippen molar-refractivity contribution in [2.24, 2.45) is 0 Å². The fraction of sp³-hybridized carbons (Fsp3) is 0.458. The fourth-order valence-electron chi connectivity index (χ4n) is 3.68. The summed E-state index contributed by atoms with van der Waals surface area (Å²) in [6.07, 6.45) is 2.93. The van der Waals surface area contributed by atoms with Gasteiger partial charge in [0.1, 0.15) is 17.0 Å². The normalized spacial score (nSPS) is 14.5. The molecular formula is C24H32N4O5. The zero-order valence-electron chi connectivity index (χ0n) is 19.6. The molecule has 0 atom stereocenters. The van der Waals surface area contributed by atoms with Crippen LogP contribution in [0.5, 0.6) is 5.75 Å². The Bertz CT molecular complexity index is 969. The Morgan fingerprint density at radius 3 is 2.24 bits per heavy atom. The molecule has 2 heterocycles. The predicted octanol–water partition coefficient (Wildman–Crippen LogP) is 3.53. The van der Waals surface area contributed by atoms with E-state index >= 15 is 0 Å². The summed E-state index contributed by atoms with van der Waals surface area (Å²) >= 11 is 0. The lowest BCUT2D eigenvalue weighted by molar-refractivity contribution is 0.0187. The van der Waals surface area contributed by atoms with E-state index < -0.39 is 17.4 Å². The summed E-state index contributed by atoms with van der Waals surface area (Å²) in [5, 5.41) is 0. The first-order valence-corrected chi connectivity index (χ1v) is 11.2. The molecule has 2 N–H and O–H groups in total.